The summed E-state index contributed by atoms with van der Waals surface area (Å²) in [5.41, 5.74) is 0. The average molecular weight is 216 g/mol. The second-order valence-corrected chi connectivity index (χ2v) is 3.84. The first kappa shape index (κ1) is 14.6. The topological polar surface area (TPSA) is 27.7 Å². The van der Waals surface area contributed by atoms with Crippen LogP contribution in [0.5, 0.6) is 0 Å². The fourth-order valence-corrected chi connectivity index (χ4v) is 1.12. The van der Waals surface area contributed by atoms with Gasteiger partial charge in [-0.2, -0.15) is 0 Å². The molecule has 0 rings (SSSR count). The third kappa shape index (κ3) is 8.60. The Morgan fingerprint density at radius 3 is 2.40 bits per heavy atom. The Hall–Kier alpha value is -0.380. The van der Waals surface area contributed by atoms with E-state index in [1.54, 1.807) is 7.11 Å². The van der Waals surface area contributed by atoms with Gasteiger partial charge in [-0.05, 0) is 27.2 Å². The standard InChI is InChI=1S/C12H24O3/c1-6-7-8-14-12(15-10(2)3)9-11(4)13-5/h6,10-12H,1,7-9H2,2-5H3. The average Bonchev–Trinajstić information content (AvgIpc) is 2.17. The van der Waals surface area contributed by atoms with Crippen molar-refractivity contribution >= 4 is 0 Å². The van der Waals surface area contributed by atoms with E-state index in [0.29, 0.717) is 6.61 Å². The Balaban J connectivity index is 3.88. The first-order chi connectivity index (χ1) is 7.10. The highest BCUT2D eigenvalue weighted by Crippen LogP contribution is 2.10. The third-order valence-corrected chi connectivity index (χ3v) is 1.98. The normalized spacial score (nSPS) is 15.3. The Bertz CT molecular complexity index is 157. The van der Waals surface area contributed by atoms with Crippen molar-refractivity contribution in [2.75, 3.05) is 13.7 Å². The van der Waals surface area contributed by atoms with Gasteiger partial charge in [0.25, 0.3) is 0 Å². The highest BCUT2D eigenvalue weighted by atomic mass is 16.7. The molecule has 0 spiro atoms. The molecule has 0 aliphatic carbocycles. The van der Waals surface area contributed by atoms with Crippen molar-refractivity contribution < 1.29 is 14.2 Å². The zero-order valence-electron chi connectivity index (χ0n) is 10.4. The molecule has 0 radical (unpaired) electrons. The minimum Gasteiger partial charge on any atom is -0.382 e. The van der Waals surface area contributed by atoms with E-state index in [0.717, 1.165) is 12.8 Å². The van der Waals surface area contributed by atoms with Gasteiger partial charge in [0.05, 0.1) is 18.8 Å². The maximum absolute atomic E-state index is 5.63. The highest BCUT2D eigenvalue weighted by molar-refractivity contribution is 4.65. The molecule has 3 nitrogen and oxygen atoms in total. The molecule has 2 atom stereocenters. The lowest BCUT2D eigenvalue weighted by Gasteiger charge is -2.23. The van der Waals surface area contributed by atoms with Crippen LogP contribution in [-0.4, -0.2) is 32.2 Å². The van der Waals surface area contributed by atoms with Crippen LogP contribution in [0.2, 0.25) is 0 Å². The summed E-state index contributed by atoms with van der Waals surface area (Å²) in [6.07, 6.45) is 3.58. The van der Waals surface area contributed by atoms with Gasteiger partial charge < -0.3 is 14.2 Å². The summed E-state index contributed by atoms with van der Waals surface area (Å²) in [4.78, 5) is 0. The van der Waals surface area contributed by atoms with Crippen molar-refractivity contribution in [1.29, 1.82) is 0 Å². The van der Waals surface area contributed by atoms with E-state index in [-0.39, 0.29) is 18.5 Å². The van der Waals surface area contributed by atoms with Crippen LogP contribution in [0, 0.1) is 0 Å². The van der Waals surface area contributed by atoms with E-state index in [9.17, 15) is 0 Å². The van der Waals surface area contributed by atoms with Crippen LogP contribution in [0.25, 0.3) is 0 Å². The molecule has 15 heavy (non-hydrogen) atoms. The molecule has 0 bridgehead atoms. The molecule has 0 amide bonds. The quantitative estimate of drug-likeness (QED) is 0.337. The molecule has 0 aliphatic heterocycles. The van der Waals surface area contributed by atoms with Gasteiger partial charge in [-0.3, -0.25) is 0 Å². The van der Waals surface area contributed by atoms with E-state index in [4.69, 9.17) is 14.2 Å². The molecule has 0 fully saturated rings. The van der Waals surface area contributed by atoms with E-state index >= 15 is 0 Å². The molecule has 0 heterocycles. The van der Waals surface area contributed by atoms with Gasteiger partial charge in [0.1, 0.15) is 0 Å². The Kier molecular flexibility index (Phi) is 8.67. The van der Waals surface area contributed by atoms with Gasteiger partial charge in [0, 0.05) is 13.5 Å². The van der Waals surface area contributed by atoms with Crippen LogP contribution in [0.3, 0.4) is 0 Å². The summed E-state index contributed by atoms with van der Waals surface area (Å²) in [5, 5.41) is 0. The van der Waals surface area contributed by atoms with E-state index < -0.39 is 0 Å². The molecule has 2 unspecified atom stereocenters. The smallest absolute Gasteiger partial charge is 0.160 e. The summed E-state index contributed by atoms with van der Waals surface area (Å²) in [5.74, 6) is 0. The molecule has 0 N–H and O–H groups in total. The van der Waals surface area contributed by atoms with Crippen molar-refractivity contribution in [3.05, 3.63) is 12.7 Å². The Labute approximate surface area is 93.4 Å². The Morgan fingerprint density at radius 2 is 1.93 bits per heavy atom. The molecule has 0 aromatic carbocycles. The van der Waals surface area contributed by atoms with Crippen molar-refractivity contribution in [3.8, 4) is 0 Å². The largest absolute Gasteiger partial charge is 0.382 e. The molecule has 0 aromatic heterocycles. The SMILES string of the molecule is C=CCCOC(CC(C)OC)OC(C)C. The van der Waals surface area contributed by atoms with Gasteiger partial charge in [-0.25, -0.2) is 0 Å². The van der Waals surface area contributed by atoms with Gasteiger partial charge in [-0.1, -0.05) is 6.08 Å². The van der Waals surface area contributed by atoms with Gasteiger partial charge in [0.15, 0.2) is 6.29 Å². The minimum absolute atomic E-state index is 0.150. The molecule has 0 saturated heterocycles. The molecule has 0 saturated carbocycles. The lowest BCUT2D eigenvalue weighted by molar-refractivity contribution is -0.176. The lowest BCUT2D eigenvalue weighted by atomic mass is 10.2. The molecule has 90 valence electrons. The monoisotopic (exact) mass is 216 g/mol. The van der Waals surface area contributed by atoms with Gasteiger partial charge >= 0.3 is 0 Å². The van der Waals surface area contributed by atoms with Crippen LogP contribution >= 0.6 is 0 Å². The number of hydrogen-bond donors (Lipinski definition) is 0. The summed E-state index contributed by atoms with van der Waals surface area (Å²) in [7, 11) is 1.70. The first-order valence-electron chi connectivity index (χ1n) is 5.50. The summed E-state index contributed by atoms with van der Waals surface area (Å²) in [6.45, 7) is 10.3. The van der Waals surface area contributed by atoms with E-state index in [1.807, 2.05) is 26.8 Å². The molecule has 0 aromatic rings. The predicted octanol–water partition coefficient (Wildman–Crippen LogP) is 2.76. The predicted molar refractivity (Wildman–Crippen MR) is 61.9 cm³/mol. The molecular formula is C12H24O3. The zero-order valence-corrected chi connectivity index (χ0v) is 10.4. The third-order valence-electron chi connectivity index (χ3n) is 1.98. The number of hydrogen-bond acceptors (Lipinski definition) is 3. The van der Waals surface area contributed by atoms with Crippen LogP contribution in [0.15, 0.2) is 12.7 Å². The first-order valence-corrected chi connectivity index (χ1v) is 5.50. The second kappa shape index (κ2) is 8.89. The van der Waals surface area contributed by atoms with Crippen molar-refractivity contribution in [1.82, 2.24) is 0 Å². The second-order valence-electron chi connectivity index (χ2n) is 3.84. The number of rotatable bonds is 9. The molecular weight excluding hydrogens is 192 g/mol. The van der Waals surface area contributed by atoms with Crippen molar-refractivity contribution in [2.45, 2.75) is 52.1 Å². The summed E-state index contributed by atoms with van der Waals surface area (Å²) >= 11 is 0. The summed E-state index contributed by atoms with van der Waals surface area (Å²) in [6, 6.07) is 0. The number of ether oxygens (including phenoxy) is 3. The number of methoxy groups -OCH3 is 1. The minimum atomic E-state index is -0.181. The van der Waals surface area contributed by atoms with Crippen LogP contribution in [-0.2, 0) is 14.2 Å². The summed E-state index contributed by atoms with van der Waals surface area (Å²) < 4.78 is 16.4. The zero-order chi connectivity index (χ0) is 11.7. The van der Waals surface area contributed by atoms with E-state index in [2.05, 4.69) is 6.58 Å². The molecule has 3 heteroatoms. The fourth-order valence-electron chi connectivity index (χ4n) is 1.12. The van der Waals surface area contributed by atoms with E-state index in [1.165, 1.54) is 0 Å². The van der Waals surface area contributed by atoms with Crippen LogP contribution in [0.1, 0.15) is 33.6 Å². The van der Waals surface area contributed by atoms with Crippen molar-refractivity contribution in [2.24, 2.45) is 0 Å². The van der Waals surface area contributed by atoms with Crippen molar-refractivity contribution in [3.63, 3.8) is 0 Å². The van der Waals surface area contributed by atoms with Gasteiger partial charge in [0.2, 0.25) is 0 Å². The van der Waals surface area contributed by atoms with Crippen LogP contribution < -0.4 is 0 Å². The highest BCUT2D eigenvalue weighted by Gasteiger charge is 2.15. The Morgan fingerprint density at radius 1 is 1.27 bits per heavy atom. The van der Waals surface area contributed by atoms with Crippen LogP contribution in [0.4, 0.5) is 0 Å². The maximum Gasteiger partial charge on any atom is 0.160 e. The fraction of sp³-hybridized carbons (Fsp3) is 0.833. The van der Waals surface area contributed by atoms with Gasteiger partial charge in [-0.15, -0.1) is 6.58 Å². The maximum atomic E-state index is 5.63. The molecule has 0 aliphatic rings. The lowest BCUT2D eigenvalue weighted by Crippen LogP contribution is -2.26.